The molecule has 2 atom stereocenters. The minimum absolute atomic E-state index is 0.212. The van der Waals surface area contributed by atoms with Crippen molar-refractivity contribution in [2.24, 2.45) is 5.41 Å². The van der Waals surface area contributed by atoms with E-state index in [0.717, 1.165) is 11.4 Å². The first-order chi connectivity index (χ1) is 12.4. The van der Waals surface area contributed by atoms with Crippen molar-refractivity contribution in [1.29, 1.82) is 0 Å². The van der Waals surface area contributed by atoms with E-state index in [2.05, 4.69) is 27.4 Å². The van der Waals surface area contributed by atoms with Crippen LogP contribution in [0.4, 0.5) is 5.13 Å². The number of nitrogens with zero attached hydrogens (tertiary/aromatic N) is 2. The maximum atomic E-state index is 12.6. The molecular weight excluding hydrogens is 364 g/mol. The van der Waals surface area contributed by atoms with E-state index in [0.29, 0.717) is 18.0 Å². The maximum Gasteiger partial charge on any atom is 0.250 e. The summed E-state index contributed by atoms with van der Waals surface area (Å²) >= 11 is 1.31. The Hall–Kier alpha value is -1.80. The summed E-state index contributed by atoms with van der Waals surface area (Å²) in [5.41, 5.74) is -0.821. The number of allylic oxidation sites excluding steroid dienone is 1. The van der Waals surface area contributed by atoms with Crippen LogP contribution in [0.2, 0.25) is 0 Å². The number of amides is 2. The Morgan fingerprint density at radius 3 is 2.37 bits per heavy atom. The molecule has 1 rings (SSSR count). The minimum atomic E-state index is -1.20. The number of anilines is 1. The Morgan fingerprint density at radius 1 is 1.22 bits per heavy atom. The molecule has 0 aliphatic heterocycles. The van der Waals surface area contributed by atoms with Gasteiger partial charge in [-0.3, -0.25) is 14.9 Å². The number of carbonyl (C=O) groups excluding carboxylic acids is 2. The van der Waals surface area contributed by atoms with E-state index in [1.165, 1.54) is 11.3 Å². The average molecular weight is 397 g/mol. The predicted molar refractivity (Wildman–Crippen MR) is 109 cm³/mol. The van der Waals surface area contributed by atoms with Gasteiger partial charge in [-0.2, -0.15) is 0 Å². The van der Waals surface area contributed by atoms with Crippen molar-refractivity contribution >= 4 is 28.3 Å². The highest BCUT2D eigenvalue weighted by atomic mass is 32.1. The van der Waals surface area contributed by atoms with Gasteiger partial charge in [0.25, 0.3) is 0 Å². The van der Waals surface area contributed by atoms with Gasteiger partial charge >= 0.3 is 0 Å². The van der Waals surface area contributed by atoms with Crippen molar-refractivity contribution in [3.8, 4) is 0 Å². The molecule has 0 fully saturated rings. The van der Waals surface area contributed by atoms with E-state index < -0.39 is 23.5 Å². The molecule has 0 bridgehead atoms. The summed E-state index contributed by atoms with van der Waals surface area (Å²) < 4.78 is 0. The molecule has 0 aromatic carbocycles. The van der Waals surface area contributed by atoms with Crippen LogP contribution in [0.3, 0.4) is 0 Å². The van der Waals surface area contributed by atoms with E-state index in [-0.39, 0.29) is 11.3 Å². The molecule has 0 saturated carbocycles. The van der Waals surface area contributed by atoms with Crippen LogP contribution in [0, 0.1) is 5.41 Å². The molecule has 1 aromatic heterocycles. The lowest BCUT2D eigenvalue weighted by Gasteiger charge is -2.26. The van der Waals surface area contributed by atoms with E-state index in [1.807, 2.05) is 26.8 Å². The first-order valence-corrected chi connectivity index (χ1v) is 9.98. The van der Waals surface area contributed by atoms with Crippen molar-refractivity contribution in [3.05, 3.63) is 17.7 Å². The molecule has 7 nitrogen and oxygen atoms in total. The van der Waals surface area contributed by atoms with Crippen LogP contribution in [0.25, 0.3) is 0 Å². The van der Waals surface area contributed by atoms with E-state index >= 15 is 0 Å². The summed E-state index contributed by atoms with van der Waals surface area (Å²) in [5.74, 6) is -0.920. The third-order valence-electron chi connectivity index (χ3n) is 4.17. The van der Waals surface area contributed by atoms with Crippen molar-refractivity contribution in [1.82, 2.24) is 15.5 Å². The molecule has 3 N–H and O–H groups in total. The summed E-state index contributed by atoms with van der Waals surface area (Å²) in [6.45, 7) is 15.0. The zero-order valence-corrected chi connectivity index (χ0v) is 17.9. The second kappa shape index (κ2) is 9.41. The second-order valence-corrected chi connectivity index (χ2v) is 9.37. The molecule has 0 aliphatic rings. The molecule has 0 aliphatic carbocycles. The molecular formula is C19H32N4O3S. The molecule has 2 amide bonds. The Kier molecular flexibility index (Phi) is 8.10. The molecule has 1 heterocycles. The Bertz CT molecular complexity index is 664. The Balaban J connectivity index is 2.83. The first kappa shape index (κ1) is 23.2. The third kappa shape index (κ3) is 6.70. The summed E-state index contributed by atoms with van der Waals surface area (Å²) in [4.78, 5) is 24.9. The van der Waals surface area contributed by atoms with Gasteiger partial charge in [0.05, 0.1) is 0 Å². The Labute approximate surface area is 165 Å². The van der Waals surface area contributed by atoms with Crippen LogP contribution in [0.5, 0.6) is 0 Å². The highest BCUT2D eigenvalue weighted by molar-refractivity contribution is 7.15. The molecule has 1 aromatic rings. The summed E-state index contributed by atoms with van der Waals surface area (Å²) in [6, 6.07) is -0.743. The average Bonchev–Trinajstić information content (AvgIpc) is 3.02. The highest BCUT2D eigenvalue weighted by Gasteiger charge is 2.32. The van der Waals surface area contributed by atoms with Gasteiger partial charge in [-0.05, 0) is 18.3 Å². The van der Waals surface area contributed by atoms with Gasteiger partial charge in [0.2, 0.25) is 16.9 Å². The second-order valence-electron chi connectivity index (χ2n) is 8.40. The van der Waals surface area contributed by atoms with Crippen molar-refractivity contribution in [2.45, 2.75) is 78.4 Å². The molecule has 0 spiro atoms. The maximum absolute atomic E-state index is 12.6. The van der Waals surface area contributed by atoms with Gasteiger partial charge in [0, 0.05) is 5.41 Å². The number of aromatic nitrogens is 2. The zero-order valence-electron chi connectivity index (χ0n) is 17.1. The fourth-order valence-corrected chi connectivity index (χ4v) is 3.25. The lowest BCUT2D eigenvalue weighted by Crippen LogP contribution is -2.50. The van der Waals surface area contributed by atoms with Crippen LogP contribution >= 0.6 is 11.3 Å². The van der Waals surface area contributed by atoms with E-state index in [1.54, 1.807) is 20.8 Å². The number of aliphatic hydroxyl groups is 1. The van der Waals surface area contributed by atoms with Crippen LogP contribution in [-0.2, 0) is 15.0 Å². The molecule has 0 saturated heterocycles. The van der Waals surface area contributed by atoms with Crippen LogP contribution in [0.15, 0.2) is 12.7 Å². The number of nitrogens with one attached hydrogen (secondary N) is 2. The SMILES string of the molecule is C=CCC(C)(C)c1nnc(NC(=O)C(CCC)NC(=O)C(O)C(C)(C)C)s1. The van der Waals surface area contributed by atoms with Crippen LogP contribution < -0.4 is 10.6 Å². The van der Waals surface area contributed by atoms with Crippen molar-refractivity contribution < 1.29 is 14.7 Å². The van der Waals surface area contributed by atoms with Crippen molar-refractivity contribution in [3.63, 3.8) is 0 Å². The normalized spacial score (nSPS) is 14.3. The van der Waals surface area contributed by atoms with Gasteiger partial charge in [0.1, 0.15) is 17.2 Å². The summed E-state index contributed by atoms with van der Waals surface area (Å²) in [5, 5.41) is 24.9. The summed E-state index contributed by atoms with van der Waals surface area (Å²) in [6.07, 6.45) is 2.54. The zero-order chi connectivity index (χ0) is 20.8. The molecule has 27 heavy (non-hydrogen) atoms. The van der Waals surface area contributed by atoms with Crippen LogP contribution in [-0.4, -0.2) is 39.3 Å². The van der Waals surface area contributed by atoms with Gasteiger partial charge in [-0.1, -0.05) is 65.4 Å². The Morgan fingerprint density at radius 2 is 1.85 bits per heavy atom. The lowest BCUT2D eigenvalue weighted by molar-refractivity contribution is -0.137. The monoisotopic (exact) mass is 396 g/mol. The standard InChI is InChI=1S/C19H32N4O3S/c1-8-10-12(20-15(26)13(24)18(3,4)5)14(25)21-17-23-22-16(27-17)19(6,7)11-9-2/h9,12-13,24H,2,8,10-11H2,1,3-7H3,(H,20,26)(H,21,23,25). The third-order valence-corrected chi connectivity index (χ3v) is 5.37. The largest absolute Gasteiger partial charge is 0.383 e. The number of hydrogen-bond acceptors (Lipinski definition) is 6. The molecule has 2 unspecified atom stereocenters. The fraction of sp³-hybridized carbons (Fsp3) is 0.684. The number of rotatable bonds is 9. The highest BCUT2D eigenvalue weighted by Crippen LogP contribution is 2.31. The molecule has 152 valence electrons. The quantitative estimate of drug-likeness (QED) is 0.557. The van der Waals surface area contributed by atoms with E-state index in [9.17, 15) is 14.7 Å². The topological polar surface area (TPSA) is 104 Å². The fourth-order valence-electron chi connectivity index (χ4n) is 2.39. The number of aliphatic hydroxyl groups excluding tert-OH is 1. The molecule has 0 radical (unpaired) electrons. The van der Waals surface area contributed by atoms with Gasteiger partial charge in [-0.25, -0.2) is 0 Å². The van der Waals surface area contributed by atoms with Gasteiger partial charge < -0.3 is 10.4 Å². The minimum Gasteiger partial charge on any atom is -0.383 e. The smallest absolute Gasteiger partial charge is 0.250 e. The van der Waals surface area contributed by atoms with Crippen molar-refractivity contribution in [2.75, 3.05) is 5.32 Å². The predicted octanol–water partition coefficient (Wildman–Crippen LogP) is 3.02. The van der Waals surface area contributed by atoms with Gasteiger partial charge in [-0.15, -0.1) is 16.8 Å². The first-order valence-electron chi connectivity index (χ1n) is 9.16. The number of hydrogen-bond donors (Lipinski definition) is 3. The molecule has 8 heteroatoms. The lowest BCUT2D eigenvalue weighted by atomic mass is 9.88. The van der Waals surface area contributed by atoms with Gasteiger partial charge in [0.15, 0.2) is 0 Å². The van der Waals surface area contributed by atoms with Crippen LogP contribution in [0.1, 0.15) is 65.8 Å². The summed E-state index contributed by atoms with van der Waals surface area (Å²) in [7, 11) is 0. The number of carbonyl (C=O) groups is 2. The van der Waals surface area contributed by atoms with E-state index in [4.69, 9.17) is 0 Å².